The number of carbonyl (C=O) groups is 1. The van der Waals surface area contributed by atoms with Gasteiger partial charge < -0.3 is 15.3 Å². The van der Waals surface area contributed by atoms with E-state index in [1.165, 1.54) is 11.8 Å². The molecular formula is C19H22Cl2N4O3S. The highest BCUT2D eigenvalue weighted by Gasteiger charge is 2.31. The predicted molar refractivity (Wildman–Crippen MR) is 116 cm³/mol. The first-order valence-electron chi connectivity index (χ1n) is 9.10. The monoisotopic (exact) mass is 456 g/mol. The molecule has 1 aliphatic heterocycles. The number of amides is 1. The third-order valence-electron chi connectivity index (χ3n) is 5.17. The van der Waals surface area contributed by atoms with Gasteiger partial charge in [0.05, 0.1) is 21.1 Å². The van der Waals surface area contributed by atoms with Gasteiger partial charge in [-0.25, -0.2) is 9.78 Å². The summed E-state index contributed by atoms with van der Waals surface area (Å²) in [7, 11) is 1.70. The lowest BCUT2D eigenvalue weighted by Gasteiger charge is -2.40. The van der Waals surface area contributed by atoms with Crippen LogP contribution in [0.3, 0.4) is 0 Å². The van der Waals surface area contributed by atoms with Crippen LogP contribution in [0.4, 0.5) is 10.7 Å². The van der Waals surface area contributed by atoms with Crippen molar-refractivity contribution >= 4 is 47.0 Å². The molecule has 0 saturated carbocycles. The van der Waals surface area contributed by atoms with E-state index in [0.717, 1.165) is 12.8 Å². The second kappa shape index (κ2) is 8.85. The van der Waals surface area contributed by atoms with Crippen molar-refractivity contribution in [2.75, 3.05) is 24.5 Å². The third kappa shape index (κ3) is 4.99. The highest BCUT2D eigenvalue weighted by Crippen LogP contribution is 2.36. The Bertz CT molecular complexity index is 974. The van der Waals surface area contributed by atoms with Gasteiger partial charge in [-0.15, -0.1) is 0 Å². The molecule has 156 valence electrons. The van der Waals surface area contributed by atoms with Gasteiger partial charge in [0.1, 0.15) is 0 Å². The molecule has 1 saturated heterocycles. The zero-order valence-corrected chi connectivity index (χ0v) is 18.4. The van der Waals surface area contributed by atoms with E-state index in [0.29, 0.717) is 45.4 Å². The number of nitrogens with zero attached hydrogens (tertiary/aromatic N) is 3. The van der Waals surface area contributed by atoms with Crippen LogP contribution in [0, 0.1) is 5.41 Å². The second-order valence-electron chi connectivity index (χ2n) is 7.40. The highest BCUT2D eigenvalue weighted by molar-refractivity contribution is 7.99. The number of benzene rings is 1. The zero-order chi connectivity index (χ0) is 21.2. The summed E-state index contributed by atoms with van der Waals surface area (Å²) in [5.41, 5.74) is -0.260. The van der Waals surface area contributed by atoms with Gasteiger partial charge in [-0.1, -0.05) is 48.0 Å². The lowest BCUT2D eigenvalue weighted by atomic mass is 9.80. The maximum Gasteiger partial charge on any atom is 0.404 e. The molecule has 1 amide bonds. The summed E-state index contributed by atoms with van der Waals surface area (Å²) in [5, 5.41) is 12.2. The number of carboxylic acid groups (broad SMARTS) is 1. The number of hydrogen-bond acceptors (Lipinski definition) is 5. The number of hydrogen-bond donors (Lipinski definition) is 2. The molecule has 7 nitrogen and oxygen atoms in total. The minimum absolute atomic E-state index is 0.104. The molecular weight excluding hydrogens is 435 g/mol. The lowest BCUT2D eigenvalue weighted by Crippen LogP contribution is -2.46. The summed E-state index contributed by atoms with van der Waals surface area (Å²) in [6, 6.07) is 5.29. The van der Waals surface area contributed by atoms with Crippen molar-refractivity contribution in [3.05, 3.63) is 44.8 Å². The van der Waals surface area contributed by atoms with E-state index in [1.54, 1.807) is 29.9 Å². The quantitative estimate of drug-likeness (QED) is 0.703. The van der Waals surface area contributed by atoms with Crippen molar-refractivity contribution in [3.63, 3.8) is 0 Å². The summed E-state index contributed by atoms with van der Waals surface area (Å²) in [6.45, 7) is 3.88. The first-order valence-corrected chi connectivity index (χ1v) is 10.7. The molecule has 10 heteroatoms. The number of aromatic nitrogens is 2. The maximum atomic E-state index is 12.9. The number of halogens is 2. The third-order valence-corrected chi connectivity index (χ3v) is 7.16. The van der Waals surface area contributed by atoms with Gasteiger partial charge >= 0.3 is 6.09 Å². The Morgan fingerprint density at radius 1 is 1.31 bits per heavy atom. The number of nitrogens with one attached hydrogen (secondary N) is 1. The van der Waals surface area contributed by atoms with Crippen LogP contribution in [0.25, 0.3) is 0 Å². The summed E-state index contributed by atoms with van der Waals surface area (Å²) in [6.07, 6.45) is 2.17. The van der Waals surface area contributed by atoms with Crippen LogP contribution in [-0.2, 0) is 7.05 Å². The molecule has 1 fully saturated rings. The van der Waals surface area contributed by atoms with Crippen LogP contribution < -0.4 is 15.8 Å². The molecule has 0 radical (unpaired) electrons. The van der Waals surface area contributed by atoms with Crippen molar-refractivity contribution < 1.29 is 9.90 Å². The molecule has 2 aromatic rings. The minimum atomic E-state index is -1.01. The molecule has 0 atom stereocenters. The number of anilines is 1. The Kier molecular flexibility index (Phi) is 6.65. The zero-order valence-electron chi connectivity index (χ0n) is 16.1. The molecule has 1 aromatic carbocycles. The van der Waals surface area contributed by atoms with E-state index in [4.69, 9.17) is 28.3 Å². The van der Waals surface area contributed by atoms with Gasteiger partial charge in [0.2, 0.25) is 5.95 Å². The van der Waals surface area contributed by atoms with E-state index in [-0.39, 0.29) is 11.0 Å². The summed E-state index contributed by atoms with van der Waals surface area (Å²) in [5.74, 6) is 0.602. The largest absolute Gasteiger partial charge is 0.465 e. The van der Waals surface area contributed by atoms with Gasteiger partial charge in [0, 0.05) is 31.6 Å². The van der Waals surface area contributed by atoms with Gasteiger partial charge in [-0.3, -0.25) is 9.36 Å². The van der Waals surface area contributed by atoms with Crippen LogP contribution in [0.2, 0.25) is 10.0 Å². The van der Waals surface area contributed by atoms with Crippen LogP contribution >= 0.6 is 35.0 Å². The van der Waals surface area contributed by atoms with E-state index in [9.17, 15) is 9.59 Å². The fourth-order valence-corrected chi connectivity index (χ4v) is 4.66. The molecule has 0 bridgehead atoms. The van der Waals surface area contributed by atoms with Gasteiger partial charge in [-0.2, -0.15) is 0 Å². The van der Waals surface area contributed by atoms with Gasteiger partial charge in [0.25, 0.3) is 5.56 Å². The Labute approximate surface area is 183 Å². The first-order chi connectivity index (χ1) is 13.7. The fraction of sp³-hybridized carbons (Fsp3) is 0.421. The Balaban J connectivity index is 1.74. The number of rotatable bonds is 5. The smallest absolute Gasteiger partial charge is 0.404 e. The lowest BCUT2D eigenvalue weighted by molar-refractivity contribution is 0.178. The highest BCUT2D eigenvalue weighted by atomic mass is 35.5. The standard InChI is InChI=1S/C19H22Cl2N4O3S/c1-19(11-23-18(27)28)6-8-25(9-7-19)17-22-10-14(16(26)24(17)2)29-13-5-3-4-12(20)15(13)21/h3-5,10,23H,6-9,11H2,1-2H3,(H,27,28). The van der Waals surface area contributed by atoms with Crippen LogP contribution in [0.15, 0.2) is 39.0 Å². The fourth-order valence-electron chi connectivity index (χ4n) is 3.27. The molecule has 1 aliphatic rings. The van der Waals surface area contributed by atoms with Crippen molar-refractivity contribution in [2.24, 2.45) is 12.5 Å². The van der Waals surface area contributed by atoms with E-state index < -0.39 is 6.09 Å². The molecule has 0 unspecified atom stereocenters. The average Bonchev–Trinajstić information content (AvgIpc) is 2.69. The van der Waals surface area contributed by atoms with E-state index >= 15 is 0 Å². The molecule has 29 heavy (non-hydrogen) atoms. The second-order valence-corrected chi connectivity index (χ2v) is 9.27. The summed E-state index contributed by atoms with van der Waals surface area (Å²) in [4.78, 5) is 31.4. The Morgan fingerprint density at radius 2 is 2.00 bits per heavy atom. The predicted octanol–water partition coefficient (Wildman–Crippen LogP) is 4.11. The molecule has 1 aromatic heterocycles. The molecule has 2 N–H and O–H groups in total. The Hall–Kier alpha value is -1.90. The van der Waals surface area contributed by atoms with Crippen molar-refractivity contribution in [3.8, 4) is 0 Å². The van der Waals surface area contributed by atoms with Crippen LogP contribution in [0.1, 0.15) is 19.8 Å². The van der Waals surface area contributed by atoms with Crippen LogP contribution in [0.5, 0.6) is 0 Å². The van der Waals surface area contributed by atoms with E-state index in [2.05, 4.69) is 22.1 Å². The van der Waals surface area contributed by atoms with Crippen molar-refractivity contribution in [1.29, 1.82) is 0 Å². The summed E-state index contributed by atoms with van der Waals surface area (Å²) < 4.78 is 1.54. The van der Waals surface area contributed by atoms with Crippen molar-refractivity contribution in [1.82, 2.24) is 14.9 Å². The average molecular weight is 457 g/mol. The molecule has 0 spiro atoms. The first kappa shape index (κ1) is 21.8. The molecule has 3 rings (SSSR count). The Morgan fingerprint density at radius 3 is 2.66 bits per heavy atom. The minimum Gasteiger partial charge on any atom is -0.465 e. The summed E-state index contributed by atoms with van der Waals surface area (Å²) >= 11 is 13.5. The van der Waals surface area contributed by atoms with Crippen molar-refractivity contribution in [2.45, 2.75) is 29.6 Å². The SMILES string of the molecule is Cn1c(N2CCC(C)(CNC(=O)O)CC2)ncc(Sc2cccc(Cl)c2Cl)c1=O. The number of piperidine rings is 1. The van der Waals surface area contributed by atoms with Gasteiger partial charge in [-0.05, 0) is 30.4 Å². The maximum absolute atomic E-state index is 12.9. The van der Waals surface area contributed by atoms with Crippen LogP contribution in [-0.4, -0.2) is 40.4 Å². The van der Waals surface area contributed by atoms with Gasteiger partial charge in [0.15, 0.2) is 0 Å². The van der Waals surface area contributed by atoms with E-state index in [1.807, 2.05) is 6.07 Å². The molecule has 2 heterocycles. The molecule has 0 aliphatic carbocycles. The topological polar surface area (TPSA) is 87.5 Å². The normalized spacial score (nSPS) is 15.9.